The lowest BCUT2D eigenvalue weighted by Gasteiger charge is -2.18. The van der Waals surface area contributed by atoms with Crippen molar-refractivity contribution in [3.05, 3.63) is 29.8 Å². The van der Waals surface area contributed by atoms with Gasteiger partial charge >= 0.3 is 0 Å². The van der Waals surface area contributed by atoms with Crippen LogP contribution in [0.15, 0.2) is 29.4 Å². The van der Waals surface area contributed by atoms with Crippen LogP contribution in [0.1, 0.15) is 18.9 Å². The molecule has 0 heterocycles. The van der Waals surface area contributed by atoms with Crippen molar-refractivity contribution in [1.29, 1.82) is 0 Å². The first-order chi connectivity index (χ1) is 7.67. The lowest BCUT2D eigenvalue weighted by atomic mass is 10.2. The van der Waals surface area contributed by atoms with Crippen molar-refractivity contribution >= 4 is 12.2 Å². The summed E-state index contributed by atoms with van der Waals surface area (Å²) in [7, 11) is 0. The summed E-state index contributed by atoms with van der Waals surface area (Å²) in [6, 6.07) is 6.58. The van der Waals surface area contributed by atoms with Crippen LogP contribution in [0.3, 0.4) is 0 Å². The molecule has 1 aromatic carbocycles. The average Bonchev–Trinajstić information content (AvgIpc) is 2.26. The van der Waals surface area contributed by atoms with Gasteiger partial charge in [-0.3, -0.25) is 0 Å². The largest absolute Gasteiger partial charge is 0.546 e. The summed E-state index contributed by atoms with van der Waals surface area (Å²) in [6.07, 6.45) is 0.578. The average molecular weight is 222 g/mol. The zero-order chi connectivity index (χ0) is 12.0. The molecule has 86 valence electrons. The van der Waals surface area contributed by atoms with Gasteiger partial charge < -0.3 is 19.8 Å². The van der Waals surface area contributed by atoms with Gasteiger partial charge in [0.1, 0.15) is 11.9 Å². The topological polar surface area (TPSA) is 82.0 Å². The first-order valence-corrected chi connectivity index (χ1v) is 4.82. The fourth-order valence-corrected chi connectivity index (χ4v) is 1.20. The van der Waals surface area contributed by atoms with Crippen LogP contribution in [0.2, 0.25) is 0 Å². The Morgan fingerprint density at radius 2 is 2.44 bits per heavy atom. The van der Waals surface area contributed by atoms with Crippen LogP contribution in [0, 0.1) is 0 Å². The summed E-state index contributed by atoms with van der Waals surface area (Å²) in [5.41, 5.74) is 0.619. The molecule has 5 nitrogen and oxygen atoms in total. The molecule has 0 amide bonds. The van der Waals surface area contributed by atoms with Gasteiger partial charge in [-0.1, -0.05) is 24.2 Å². The number of carboxylic acids is 1. The van der Waals surface area contributed by atoms with Crippen molar-refractivity contribution in [2.75, 3.05) is 0 Å². The van der Waals surface area contributed by atoms with Crippen LogP contribution in [0.5, 0.6) is 5.75 Å². The molecule has 0 aliphatic heterocycles. The van der Waals surface area contributed by atoms with Gasteiger partial charge in [-0.05, 0) is 24.1 Å². The molecule has 1 unspecified atom stereocenters. The molecule has 5 heteroatoms. The molecular formula is C11H12NO4-. The molecule has 0 aliphatic carbocycles. The Hall–Kier alpha value is -2.04. The molecule has 0 spiro atoms. The Kier molecular flexibility index (Phi) is 4.32. The van der Waals surface area contributed by atoms with Crippen molar-refractivity contribution in [1.82, 2.24) is 0 Å². The molecule has 0 aromatic heterocycles. The van der Waals surface area contributed by atoms with Crippen LogP contribution < -0.4 is 9.84 Å². The number of nitrogens with zero attached hydrogens (tertiary/aromatic N) is 1. The number of carbonyl (C=O) groups excluding carboxylic acids is 1. The van der Waals surface area contributed by atoms with Crippen molar-refractivity contribution in [3.63, 3.8) is 0 Å². The van der Waals surface area contributed by atoms with E-state index in [9.17, 15) is 9.90 Å². The Bertz CT molecular complexity index is 389. The molecule has 0 radical (unpaired) electrons. The Morgan fingerprint density at radius 1 is 1.69 bits per heavy atom. The third-order valence-corrected chi connectivity index (χ3v) is 1.98. The highest BCUT2D eigenvalue weighted by Crippen LogP contribution is 2.14. The second-order valence-corrected chi connectivity index (χ2v) is 3.15. The summed E-state index contributed by atoms with van der Waals surface area (Å²) in [6.45, 7) is 1.69. The monoisotopic (exact) mass is 222 g/mol. The number of benzene rings is 1. The van der Waals surface area contributed by atoms with Crippen LogP contribution in [-0.4, -0.2) is 23.5 Å². The van der Waals surface area contributed by atoms with Gasteiger partial charge in [0.15, 0.2) is 0 Å². The normalized spacial score (nSPS) is 12.6. The minimum Gasteiger partial charge on any atom is -0.546 e. The van der Waals surface area contributed by atoms with E-state index in [2.05, 4.69) is 5.16 Å². The summed E-state index contributed by atoms with van der Waals surface area (Å²) in [4.78, 5) is 10.6. The van der Waals surface area contributed by atoms with Gasteiger partial charge in [0.05, 0.1) is 12.2 Å². The second kappa shape index (κ2) is 5.75. The van der Waals surface area contributed by atoms with E-state index in [0.717, 1.165) is 0 Å². The number of oxime groups is 1. The number of hydrogen-bond donors (Lipinski definition) is 1. The van der Waals surface area contributed by atoms with Gasteiger partial charge in [0.25, 0.3) is 0 Å². The molecule has 1 N–H and O–H groups in total. The van der Waals surface area contributed by atoms with Crippen LogP contribution in [0.25, 0.3) is 0 Å². The van der Waals surface area contributed by atoms with Gasteiger partial charge in [0.2, 0.25) is 0 Å². The zero-order valence-corrected chi connectivity index (χ0v) is 8.79. The maximum atomic E-state index is 10.6. The fourth-order valence-electron chi connectivity index (χ4n) is 1.20. The predicted molar refractivity (Wildman–Crippen MR) is 55.5 cm³/mol. The van der Waals surface area contributed by atoms with Crippen molar-refractivity contribution in [2.45, 2.75) is 19.4 Å². The second-order valence-electron chi connectivity index (χ2n) is 3.15. The summed E-state index contributed by atoms with van der Waals surface area (Å²) < 4.78 is 5.21. The van der Waals surface area contributed by atoms with Gasteiger partial charge in [0, 0.05) is 0 Å². The van der Waals surface area contributed by atoms with Crippen molar-refractivity contribution < 1.29 is 19.8 Å². The lowest BCUT2D eigenvalue weighted by molar-refractivity contribution is -0.313. The van der Waals surface area contributed by atoms with Crippen LogP contribution in [0.4, 0.5) is 0 Å². The van der Waals surface area contributed by atoms with Gasteiger partial charge in [-0.25, -0.2) is 0 Å². The first-order valence-electron chi connectivity index (χ1n) is 4.82. The zero-order valence-electron chi connectivity index (χ0n) is 8.79. The Balaban J connectivity index is 2.80. The Morgan fingerprint density at radius 3 is 3.00 bits per heavy atom. The molecular weight excluding hydrogens is 210 g/mol. The third-order valence-electron chi connectivity index (χ3n) is 1.98. The molecule has 1 atom stereocenters. The highest BCUT2D eigenvalue weighted by atomic mass is 16.5. The lowest BCUT2D eigenvalue weighted by Crippen LogP contribution is -2.39. The molecule has 0 saturated heterocycles. The van der Waals surface area contributed by atoms with E-state index in [4.69, 9.17) is 9.94 Å². The first kappa shape index (κ1) is 12.0. The van der Waals surface area contributed by atoms with Crippen molar-refractivity contribution in [2.24, 2.45) is 5.16 Å². The highest BCUT2D eigenvalue weighted by molar-refractivity contribution is 5.79. The fraction of sp³-hybridized carbons (Fsp3) is 0.273. The smallest absolute Gasteiger partial charge is 0.138 e. The molecule has 0 bridgehead atoms. The molecule has 1 aromatic rings. The van der Waals surface area contributed by atoms with E-state index in [0.29, 0.717) is 17.7 Å². The number of hydrogen-bond acceptors (Lipinski definition) is 5. The SMILES string of the molecule is CCC(Oc1cccc(C=NO)c1)C(=O)[O-]. The number of carboxylic acid groups (broad SMARTS) is 1. The number of carbonyl (C=O) groups is 1. The number of aliphatic carboxylic acids is 1. The van der Waals surface area contributed by atoms with E-state index < -0.39 is 12.1 Å². The predicted octanol–water partition coefficient (Wildman–Crippen LogP) is 0.402. The summed E-state index contributed by atoms with van der Waals surface area (Å²) in [5, 5.41) is 21.9. The number of rotatable bonds is 5. The van der Waals surface area contributed by atoms with Crippen LogP contribution in [-0.2, 0) is 4.79 Å². The summed E-state index contributed by atoms with van der Waals surface area (Å²) >= 11 is 0. The van der Waals surface area contributed by atoms with Gasteiger partial charge in [-0.2, -0.15) is 0 Å². The standard InChI is InChI=1S/C11H13NO4/c1-2-10(11(13)14)16-9-5-3-4-8(6-9)7-12-15/h3-7,10,15H,2H2,1H3,(H,13,14)/p-1. The third kappa shape index (κ3) is 3.27. The van der Waals surface area contributed by atoms with E-state index in [1.54, 1.807) is 31.2 Å². The molecule has 0 fully saturated rings. The minimum atomic E-state index is -1.25. The highest BCUT2D eigenvalue weighted by Gasteiger charge is 2.08. The van der Waals surface area contributed by atoms with Gasteiger partial charge in [-0.15, -0.1) is 0 Å². The molecule has 1 rings (SSSR count). The van der Waals surface area contributed by atoms with E-state index in [1.807, 2.05) is 0 Å². The van der Waals surface area contributed by atoms with E-state index in [1.165, 1.54) is 6.21 Å². The minimum absolute atomic E-state index is 0.320. The van der Waals surface area contributed by atoms with E-state index >= 15 is 0 Å². The maximum absolute atomic E-state index is 10.6. The van der Waals surface area contributed by atoms with Crippen LogP contribution >= 0.6 is 0 Å². The maximum Gasteiger partial charge on any atom is 0.138 e. The number of ether oxygens (including phenoxy) is 1. The Labute approximate surface area is 93.0 Å². The molecule has 0 saturated carbocycles. The quantitative estimate of drug-likeness (QED) is 0.444. The van der Waals surface area contributed by atoms with Crippen molar-refractivity contribution in [3.8, 4) is 5.75 Å². The molecule has 16 heavy (non-hydrogen) atoms. The molecule has 0 aliphatic rings. The van der Waals surface area contributed by atoms with E-state index in [-0.39, 0.29) is 0 Å². The summed E-state index contributed by atoms with van der Waals surface area (Å²) in [5.74, 6) is -0.850.